The standard InChI is InChI=1S/C62H86O7/c1-51(2)21-23-55(9)24-25-60(14)45(37(55)33-51)39(63)29-43-56(10)31-35(48(66)53(5,6)41(56)17-19-58(43,60)12)47(65)36-32-57(11)42(54(7,8)49(36)67)18-20-59(13)44(57)30-40(64)46-38-34-52(3,4)22-27-62(38,50(68)69-16)28-26-61(46,59)15/h29-32,37-38,41-42,45-46H,17-28,33-34H2,1-16H3. The van der Waals surface area contributed by atoms with Crippen LogP contribution in [0.25, 0.3) is 0 Å². The summed E-state index contributed by atoms with van der Waals surface area (Å²) in [6.07, 6.45) is 20.1. The molecule has 0 radical (unpaired) electrons. The SMILES string of the molecule is COC(=O)C12CCC(C)(C)CC1C1C(=O)C=C3C4(C)C=C(C(=O)C5=CC6(C)C7=CC(=O)C8C9CC(C)(C)CCC9(C)CCC8(C)C7(C)CCC6C(C)(C)C5=O)C(=O)C(C)(C)C4CCC3(C)C1(C)CC2. The first-order valence-electron chi connectivity index (χ1n) is 27.3. The van der Waals surface area contributed by atoms with Gasteiger partial charge in [-0.1, -0.05) is 127 Å². The van der Waals surface area contributed by atoms with Gasteiger partial charge in [-0.05, 0) is 164 Å². The smallest absolute Gasteiger partial charge is 0.312 e. The summed E-state index contributed by atoms with van der Waals surface area (Å²) in [5.74, 6) is -1.52. The number of rotatable bonds is 3. The fraction of sp³-hybridized carbons (Fsp3) is 0.774. The van der Waals surface area contributed by atoms with Crippen LogP contribution < -0.4 is 0 Å². The van der Waals surface area contributed by atoms with E-state index in [4.69, 9.17) is 4.74 Å². The van der Waals surface area contributed by atoms with E-state index in [0.29, 0.717) is 25.2 Å². The zero-order chi connectivity index (χ0) is 50.7. The highest BCUT2D eigenvalue weighted by Gasteiger charge is 2.73. The number of hydrogen-bond donors (Lipinski definition) is 0. The molecule has 10 rings (SSSR count). The molecule has 10 aliphatic rings. The summed E-state index contributed by atoms with van der Waals surface area (Å²) >= 11 is 0. The molecule has 0 saturated heterocycles. The Hall–Kier alpha value is -3.22. The molecule has 6 saturated carbocycles. The minimum absolute atomic E-state index is 0.0258. The highest BCUT2D eigenvalue weighted by atomic mass is 16.5. The molecule has 69 heavy (non-hydrogen) atoms. The molecule has 14 atom stereocenters. The molecule has 10 aliphatic carbocycles. The molecule has 0 N–H and O–H groups in total. The lowest BCUT2D eigenvalue weighted by atomic mass is 9.34. The lowest BCUT2D eigenvalue weighted by Crippen LogP contribution is -2.66. The number of fused-ring (bicyclic) bond motifs is 14. The molecule has 6 fully saturated rings. The molecule has 0 spiro atoms. The van der Waals surface area contributed by atoms with Crippen molar-refractivity contribution >= 4 is 34.9 Å². The molecule has 0 aromatic rings. The molecule has 14 unspecified atom stereocenters. The molecule has 0 aromatic carbocycles. The summed E-state index contributed by atoms with van der Waals surface area (Å²) in [6.45, 7) is 33.4. The second kappa shape index (κ2) is 14.3. The van der Waals surface area contributed by atoms with Gasteiger partial charge in [0.05, 0.1) is 23.7 Å². The van der Waals surface area contributed by atoms with Gasteiger partial charge in [-0.3, -0.25) is 28.8 Å². The van der Waals surface area contributed by atoms with Crippen molar-refractivity contribution in [3.63, 3.8) is 0 Å². The molecule has 7 heteroatoms. The Morgan fingerprint density at radius 1 is 0.507 bits per heavy atom. The summed E-state index contributed by atoms with van der Waals surface area (Å²) in [7, 11) is 1.48. The van der Waals surface area contributed by atoms with Gasteiger partial charge in [-0.25, -0.2) is 0 Å². The van der Waals surface area contributed by atoms with E-state index >= 15 is 24.0 Å². The summed E-state index contributed by atoms with van der Waals surface area (Å²) in [6, 6.07) is 0. The fourth-order valence-corrected chi connectivity index (χ4v) is 20.4. The lowest BCUT2D eigenvalue weighted by Gasteiger charge is -2.69. The lowest BCUT2D eigenvalue weighted by molar-refractivity contribution is -0.191. The van der Waals surface area contributed by atoms with Crippen LogP contribution in [0.5, 0.6) is 0 Å². The van der Waals surface area contributed by atoms with E-state index < -0.39 is 43.7 Å². The molecule has 0 aromatic heterocycles. The Morgan fingerprint density at radius 3 is 1.36 bits per heavy atom. The number of esters is 1. The van der Waals surface area contributed by atoms with Crippen LogP contribution in [0, 0.1) is 100 Å². The van der Waals surface area contributed by atoms with Gasteiger partial charge in [0.15, 0.2) is 28.9 Å². The quantitative estimate of drug-likeness (QED) is 0.205. The van der Waals surface area contributed by atoms with Crippen LogP contribution in [0.2, 0.25) is 0 Å². The zero-order valence-electron chi connectivity index (χ0n) is 45.5. The van der Waals surface area contributed by atoms with Crippen molar-refractivity contribution in [3.05, 3.63) is 46.6 Å². The van der Waals surface area contributed by atoms with Crippen molar-refractivity contribution in [2.24, 2.45) is 100 Å². The maximum Gasteiger partial charge on any atom is 0.312 e. The van der Waals surface area contributed by atoms with Gasteiger partial charge in [0.25, 0.3) is 0 Å². The van der Waals surface area contributed by atoms with E-state index in [-0.39, 0.29) is 96.9 Å². The van der Waals surface area contributed by atoms with Gasteiger partial charge in [-0.2, -0.15) is 0 Å². The van der Waals surface area contributed by atoms with Gasteiger partial charge < -0.3 is 4.74 Å². The van der Waals surface area contributed by atoms with Crippen LogP contribution >= 0.6 is 0 Å². The van der Waals surface area contributed by atoms with Gasteiger partial charge in [-0.15, -0.1) is 0 Å². The number of ketones is 5. The Labute approximate surface area is 414 Å². The normalized spacial score (nSPS) is 48.7. The predicted octanol–water partition coefficient (Wildman–Crippen LogP) is 13.1. The Bertz CT molecular complexity index is 2540. The number of Topliss-reactive ketones (excluding diaryl/α,β-unsaturated/α-hetero) is 3. The monoisotopic (exact) mass is 943 g/mol. The molecule has 376 valence electrons. The van der Waals surface area contributed by atoms with E-state index in [9.17, 15) is 4.79 Å². The number of methoxy groups -OCH3 is 1. The van der Waals surface area contributed by atoms with Crippen molar-refractivity contribution in [1.82, 2.24) is 0 Å². The van der Waals surface area contributed by atoms with Gasteiger partial charge in [0.2, 0.25) is 0 Å². The van der Waals surface area contributed by atoms with Crippen LogP contribution in [0.3, 0.4) is 0 Å². The number of ether oxygens (including phenoxy) is 1. The Morgan fingerprint density at radius 2 is 0.899 bits per heavy atom. The highest BCUT2D eigenvalue weighted by Crippen LogP contribution is 2.77. The van der Waals surface area contributed by atoms with E-state index in [1.54, 1.807) is 0 Å². The van der Waals surface area contributed by atoms with E-state index in [1.807, 2.05) is 52.0 Å². The summed E-state index contributed by atoms with van der Waals surface area (Å²) in [5, 5.41) is 0. The largest absolute Gasteiger partial charge is 0.469 e. The van der Waals surface area contributed by atoms with Crippen molar-refractivity contribution < 1.29 is 33.5 Å². The minimum atomic E-state index is -0.966. The van der Waals surface area contributed by atoms with Crippen molar-refractivity contribution in [1.29, 1.82) is 0 Å². The van der Waals surface area contributed by atoms with E-state index in [1.165, 1.54) is 13.5 Å². The average molecular weight is 943 g/mol. The molecular weight excluding hydrogens is 857 g/mol. The number of carbonyl (C=O) groups excluding carboxylic acids is 6. The maximum atomic E-state index is 15.8. The van der Waals surface area contributed by atoms with Crippen molar-refractivity contribution in [3.8, 4) is 0 Å². The molecular formula is C62H86O7. The summed E-state index contributed by atoms with van der Waals surface area (Å²) in [4.78, 5) is 90.4. The molecule has 0 aliphatic heterocycles. The topological polar surface area (TPSA) is 112 Å². The number of carbonyl (C=O) groups is 6. The van der Waals surface area contributed by atoms with E-state index in [2.05, 4.69) is 76.2 Å². The number of allylic oxidation sites excluding steroid dienone is 8. The third kappa shape index (κ3) is 5.97. The molecule has 7 nitrogen and oxygen atoms in total. The predicted molar refractivity (Wildman–Crippen MR) is 269 cm³/mol. The first-order valence-corrected chi connectivity index (χ1v) is 27.3. The van der Waals surface area contributed by atoms with Crippen LogP contribution in [0.15, 0.2) is 46.6 Å². The Kier molecular flexibility index (Phi) is 10.2. The molecule has 0 amide bonds. The van der Waals surface area contributed by atoms with Crippen LogP contribution in [0.1, 0.15) is 194 Å². The molecule has 0 heterocycles. The first-order chi connectivity index (χ1) is 31.6. The van der Waals surface area contributed by atoms with Crippen molar-refractivity contribution in [2.75, 3.05) is 7.11 Å². The van der Waals surface area contributed by atoms with Gasteiger partial charge in [0.1, 0.15) is 0 Å². The summed E-state index contributed by atoms with van der Waals surface area (Å²) in [5.41, 5.74) is -3.29. The second-order valence-electron chi connectivity index (χ2n) is 29.9. The fourth-order valence-electron chi connectivity index (χ4n) is 20.4. The van der Waals surface area contributed by atoms with Crippen LogP contribution in [0.4, 0.5) is 0 Å². The zero-order valence-corrected chi connectivity index (χ0v) is 45.5. The number of hydrogen-bond acceptors (Lipinski definition) is 7. The third-order valence-corrected chi connectivity index (χ3v) is 25.0. The van der Waals surface area contributed by atoms with Crippen LogP contribution in [-0.4, -0.2) is 42.0 Å². The molecule has 0 bridgehead atoms. The minimum Gasteiger partial charge on any atom is -0.469 e. The van der Waals surface area contributed by atoms with Gasteiger partial charge in [0, 0.05) is 33.5 Å². The Balaban J connectivity index is 1.08. The first kappa shape index (κ1) is 49.4. The second-order valence-corrected chi connectivity index (χ2v) is 29.9. The summed E-state index contributed by atoms with van der Waals surface area (Å²) < 4.78 is 5.56. The van der Waals surface area contributed by atoms with Gasteiger partial charge >= 0.3 is 5.97 Å². The van der Waals surface area contributed by atoms with Crippen LogP contribution in [-0.2, 0) is 33.5 Å². The average Bonchev–Trinajstić information content (AvgIpc) is 3.25. The maximum absolute atomic E-state index is 15.8. The third-order valence-electron chi connectivity index (χ3n) is 25.0. The highest BCUT2D eigenvalue weighted by molar-refractivity contribution is 6.37. The van der Waals surface area contributed by atoms with Crippen molar-refractivity contribution in [2.45, 2.75) is 194 Å². The van der Waals surface area contributed by atoms with E-state index in [0.717, 1.165) is 75.4 Å².